The molecule has 6 nitrogen and oxygen atoms in total. The molecule has 0 aliphatic carbocycles. The molecule has 154 valence electrons. The first kappa shape index (κ1) is 20.4. The van der Waals surface area contributed by atoms with E-state index in [0.717, 1.165) is 20.6 Å². The van der Waals surface area contributed by atoms with Crippen molar-refractivity contribution in [2.24, 2.45) is 0 Å². The molecule has 0 fully saturated rings. The van der Waals surface area contributed by atoms with Crippen LogP contribution in [0, 0.1) is 0 Å². The van der Waals surface area contributed by atoms with Gasteiger partial charge in [-0.3, -0.25) is 8.86 Å². The van der Waals surface area contributed by atoms with Crippen molar-refractivity contribution in [3.05, 3.63) is 77.3 Å². The highest BCUT2D eigenvalue weighted by Gasteiger charge is 2.30. The molecular weight excluding hydrogens is 426 g/mol. The Morgan fingerprint density at radius 3 is 2.43 bits per heavy atom. The van der Waals surface area contributed by atoms with Crippen LogP contribution in [0.3, 0.4) is 0 Å². The first-order valence-corrected chi connectivity index (χ1v) is 10.7. The Bertz CT molecular complexity index is 1240. The number of carboxylic acids is 1. The zero-order chi connectivity index (χ0) is 21.3. The lowest BCUT2D eigenvalue weighted by Crippen LogP contribution is -2.42. The third-order valence-electron chi connectivity index (χ3n) is 4.97. The maximum absolute atomic E-state index is 12.2. The molecule has 0 saturated carbocycles. The van der Waals surface area contributed by atoms with E-state index in [-0.39, 0.29) is 6.42 Å². The SMILES string of the molecule is O=C(O)C(CCc1ccc(Cl)cc1)N(c1ccc2oc3ccccc3c2c1)S(=O)O. The van der Waals surface area contributed by atoms with Gasteiger partial charge in [0.25, 0.3) is 11.3 Å². The van der Waals surface area contributed by atoms with Gasteiger partial charge in [-0.05, 0) is 54.8 Å². The summed E-state index contributed by atoms with van der Waals surface area (Å²) in [6.45, 7) is 0. The number of fused-ring (bicyclic) bond motifs is 3. The number of para-hydroxylation sites is 1. The average molecular weight is 444 g/mol. The Hall–Kier alpha value is -2.87. The van der Waals surface area contributed by atoms with Gasteiger partial charge in [-0.2, -0.15) is 0 Å². The van der Waals surface area contributed by atoms with Crippen LogP contribution in [0.4, 0.5) is 5.69 Å². The van der Waals surface area contributed by atoms with Gasteiger partial charge in [-0.25, -0.2) is 9.00 Å². The van der Waals surface area contributed by atoms with Gasteiger partial charge in [0.2, 0.25) is 0 Å². The Morgan fingerprint density at radius 1 is 1.03 bits per heavy atom. The zero-order valence-electron chi connectivity index (χ0n) is 15.7. The second kappa shape index (κ2) is 8.47. The van der Waals surface area contributed by atoms with Crippen LogP contribution in [-0.4, -0.2) is 25.9 Å². The van der Waals surface area contributed by atoms with Crippen LogP contribution in [0.1, 0.15) is 12.0 Å². The summed E-state index contributed by atoms with van der Waals surface area (Å²) in [5.41, 5.74) is 2.54. The maximum Gasteiger partial charge on any atom is 0.327 e. The largest absolute Gasteiger partial charge is 0.480 e. The lowest BCUT2D eigenvalue weighted by molar-refractivity contribution is -0.138. The summed E-state index contributed by atoms with van der Waals surface area (Å²) in [7, 11) is 0. The highest BCUT2D eigenvalue weighted by molar-refractivity contribution is 7.80. The van der Waals surface area contributed by atoms with Crippen LogP contribution in [0.25, 0.3) is 21.9 Å². The maximum atomic E-state index is 12.2. The smallest absolute Gasteiger partial charge is 0.327 e. The van der Waals surface area contributed by atoms with Crippen molar-refractivity contribution in [3.63, 3.8) is 0 Å². The summed E-state index contributed by atoms with van der Waals surface area (Å²) in [6, 6.07) is 18.3. The number of halogens is 1. The van der Waals surface area contributed by atoms with Crippen LogP contribution in [0.5, 0.6) is 0 Å². The molecule has 2 unspecified atom stereocenters. The number of anilines is 1. The molecule has 3 aromatic carbocycles. The molecule has 0 saturated heterocycles. The van der Waals surface area contributed by atoms with Gasteiger partial charge in [0.15, 0.2) is 0 Å². The van der Waals surface area contributed by atoms with Crippen molar-refractivity contribution < 1.29 is 23.1 Å². The van der Waals surface area contributed by atoms with Crippen molar-refractivity contribution in [1.29, 1.82) is 0 Å². The molecule has 0 spiro atoms. The zero-order valence-corrected chi connectivity index (χ0v) is 17.3. The Labute approximate surface area is 180 Å². The van der Waals surface area contributed by atoms with E-state index in [0.29, 0.717) is 28.3 Å². The van der Waals surface area contributed by atoms with E-state index in [1.54, 1.807) is 30.3 Å². The van der Waals surface area contributed by atoms with Gasteiger partial charge in [0.05, 0.1) is 5.69 Å². The van der Waals surface area contributed by atoms with E-state index >= 15 is 0 Å². The molecule has 4 aromatic rings. The average Bonchev–Trinajstić information content (AvgIpc) is 3.09. The molecular formula is C22H18ClNO5S. The van der Waals surface area contributed by atoms with E-state index in [1.165, 1.54) is 0 Å². The molecule has 1 heterocycles. The van der Waals surface area contributed by atoms with Gasteiger partial charge < -0.3 is 9.52 Å². The van der Waals surface area contributed by atoms with Crippen LogP contribution in [-0.2, 0) is 22.5 Å². The van der Waals surface area contributed by atoms with E-state index in [1.807, 2.05) is 36.4 Å². The molecule has 2 N–H and O–H groups in total. The molecule has 8 heteroatoms. The molecule has 0 aliphatic heterocycles. The number of hydrogen-bond acceptors (Lipinski definition) is 3. The minimum Gasteiger partial charge on any atom is -0.480 e. The number of nitrogens with zero attached hydrogens (tertiary/aromatic N) is 1. The van der Waals surface area contributed by atoms with Crippen molar-refractivity contribution in [1.82, 2.24) is 0 Å². The number of carboxylic acid groups (broad SMARTS) is 1. The second-order valence-electron chi connectivity index (χ2n) is 6.85. The fraction of sp³-hybridized carbons (Fsp3) is 0.136. The Balaban J connectivity index is 1.69. The summed E-state index contributed by atoms with van der Waals surface area (Å²) in [4.78, 5) is 12.0. The number of rotatable bonds is 7. The number of carbonyl (C=O) groups is 1. The topological polar surface area (TPSA) is 91.0 Å². The Morgan fingerprint density at radius 2 is 1.73 bits per heavy atom. The third kappa shape index (κ3) is 4.05. The van der Waals surface area contributed by atoms with Crippen molar-refractivity contribution in [3.8, 4) is 0 Å². The van der Waals surface area contributed by atoms with E-state index in [9.17, 15) is 18.7 Å². The van der Waals surface area contributed by atoms with Crippen LogP contribution in [0.2, 0.25) is 5.02 Å². The lowest BCUT2D eigenvalue weighted by Gasteiger charge is -2.27. The number of furan rings is 1. The number of aryl methyl sites for hydroxylation is 1. The molecule has 0 radical (unpaired) electrons. The predicted octanol–water partition coefficient (Wildman–Crippen LogP) is 5.27. The first-order chi connectivity index (χ1) is 14.4. The van der Waals surface area contributed by atoms with E-state index in [2.05, 4.69) is 0 Å². The fourth-order valence-electron chi connectivity index (χ4n) is 3.53. The monoisotopic (exact) mass is 443 g/mol. The molecule has 4 rings (SSSR count). The number of aliphatic carboxylic acids is 1. The first-order valence-electron chi connectivity index (χ1n) is 9.23. The second-order valence-corrected chi connectivity index (χ2v) is 8.15. The van der Waals surface area contributed by atoms with Crippen LogP contribution in [0.15, 0.2) is 71.1 Å². The van der Waals surface area contributed by atoms with Gasteiger partial charge >= 0.3 is 5.97 Å². The highest BCUT2D eigenvalue weighted by Crippen LogP contribution is 2.33. The number of hydrogen-bond donors (Lipinski definition) is 2. The minimum absolute atomic E-state index is 0.146. The van der Waals surface area contributed by atoms with Crippen molar-refractivity contribution in [2.75, 3.05) is 4.31 Å². The number of benzene rings is 3. The van der Waals surface area contributed by atoms with Gasteiger partial charge in [0, 0.05) is 15.8 Å². The normalized spacial score (nSPS) is 13.4. The summed E-state index contributed by atoms with van der Waals surface area (Å²) in [5, 5.41) is 12.0. The molecule has 0 aliphatic rings. The van der Waals surface area contributed by atoms with Gasteiger partial charge in [0.1, 0.15) is 17.2 Å². The lowest BCUT2D eigenvalue weighted by atomic mass is 10.0. The van der Waals surface area contributed by atoms with E-state index < -0.39 is 23.3 Å². The van der Waals surface area contributed by atoms with Gasteiger partial charge in [-0.1, -0.05) is 41.9 Å². The molecule has 0 amide bonds. The summed E-state index contributed by atoms with van der Waals surface area (Å²) >= 11 is 3.36. The van der Waals surface area contributed by atoms with Crippen molar-refractivity contribution >= 4 is 56.5 Å². The molecule has 30 heavy (non-hydrogen) atoms. The Kier molecular flexibility index (Phi) is 5.76. The minimum atomic E-state index is -2.53. The standard InChI is InChI=1S/C22H18ClNO5S/c23-15-8-5-14(6-9-15)7-11-19(22(25)26)24(30(27)28)16-10-12-21-18(13-16)17-3-1-2-4-20(17)29-21/h1-6,8-10,12-13,19H,7,11H2,(H,25,26)(H,27,28). The molecule has 1 aromatic heterocycles. The van der Waals surface area contributed by atoms with Crippen molar-refractivity contribution in [2.45, 2.75) is 18.9 Å². The van der Waals surface area contributed by atoms with Crippen LogP contribution < -0.4 is 4.31 Å². The van der Waals surface area contributed by atoms with E-state index in [4.69, 9.17) is 16.0 Å². The quantitative estimate of drug-likeness (QED) is 0.380. The summed E-state index contributed by atoms with van der Waals surface area (Å²) < 4.78 is 28.9. The van der Waals surface area contributed by atoms with Crippen LogP contribution >= 0.6 is 11.6 Å². The summed E-state index contributed by atoms with van der Waals surface area (Å²) in [5.74, 6) is -1.18. The summed E-state index contributed by atoms with van der Waals surface area (Å²) in [6.07, 6.45) is 0.562. The molecule has 0 bridgehead atoms. The third-order valence-corrected chi connectivity index (χ3v) is 6.02. The van der Waals surface area contributed by atoms with Gasteiger partial charge in [-0.15, -0.1) is 0 Å². The molecule has 2 atom stereocenters. The fourth-order valence-corrected chi connectivity index (χ4v) is 4.36. The highest BCUT2D eigenvalue weighted by atomic mass is 35.5. The predicted molar refractivity (Wildman–Crippen MR) is 118 cm³/mol.